The molecule has 1 aliphatic carbocycles. The number of hydrogen-bond donors (Lipinski definition) is 2. The summed E-state index contributed by atoms with van der Waals surface area (Å²) in [6.45, 7) is 2.40. The van der Waals surface area contributed by atoms with E-state index in [2.05, 4.69) is 5.32 Å². The largest absolute Gasteiger partial charge is 0.490 e. The maximum Gasteiger partial charge on any atom is 0.308 e. The lowest BCUT2D eigenvalue weighted by Crippen LogP contribution is -2.31. The lowest BCUT2D eigenvalue weighted by molar-refractivity contribution is -0.149. The molecule has 0 atom stereocenters. The van der Waals surface area contributed by atoms with Crippen molar-refractivity contribution in [3.8, 4) is 5.75 Å². The normalized spacial score (nSPS) is 19.7. The molecule has 0 spiro atoms. The maximum atomic E-state index is 14.1. The van der Waals surface area contributed by atoms with Crippen molar-refractivity contribution in [1.82, 2.24) is 5.32 Å². The van der Waals surface area contributed by atoms with E-state index in [0.29, 0.717) is 32.3 Å². The first-order valence-electron chi connectivity index (χ1n) is 8.76. The molecule has 8 heteroatoms. The smallest absolute Gasteiger partial charge is 0.308 e. The fourth-order valence-electron chi connectivity index (χ4n) is 2.98. The first kappa shape index (κ1) is 20.1. The molecule has 0 radical (unpaired) electrons. The molecule has 1 saturated carbocycles. The zero-order valence-electron chi connectivity index (χ0n) is 14.7. The average molecular weight is 370 g/mol. The van der Waals surface area contributed by atoms with Crippen molar-refractivity contribution in [3.05, 3.63) is 29.3 Å². The average Bonchev–Trinajstić information content (AvgIpc) is 2.60. The minimum atomic E-state index is -0.991. The number of hydrogen-bond acceptors (Lipinski definition) is 5. The molecule has 0 saturated heterocycles. The van der Waals surface area contributed by atoms with Crippen LogP contribution < -0.4 is 15.8 Å². The highest BCUT2D eigenvalue weighted by Gasteiger charge is 2.28. The van der Waals surface area contributed by atoms with Crippen LogP contribution in [0.3, 0.4) is 0 Å². The number of rotatable bonds is 7. The molecule has 144 valence electrons. The highest BCUT2D eigenvalue weighted by atomic mass is 19.1. The van der Waals surface area contributed by atoms with Crippen LogP contribution in [0.1, 0.15) is 43.0 Å². The Morgan fingerprint density at radius 1 is 1.19 bits per heavy atom. The van der Waals surface area contributed by atoms with Crippen molar-refractivity contribution in [3.63, 3.8) is 0 Å². The van der Waals surface area contributed by atoms with Gasteiger partial charge in [-0.2, -0.15) is 0 Å². The third-order valence-electron chi connectivity index (χ3n) is 4.27. The Bertz CT molecular complexity index is 623. The monoisotopic (exact) mass is 370 g/mol. The summed E-state index contributed by atoms with van der Waals surface area (Å²) in [5.74, 6) is -3.18. The second kappa shape index (κ2) is 9.47. The Labute approximate surface area is 151 Å². The van der Waals surface area contributed by atoms with E-state index in [1.807, 2.05) is 0 Å². The molecule has 1 fully saturated rings. The first-order valence-corrected chi connectivity index (χ1v) is 8.76. The summed E-state index contributed by atoms with van der Waals surface area (Å²) in [5, 5.41) is 2.33. The van der Waals surface area contributed by atoms with E-state index in [0.717, 1.165) is 12.1 Å². The Morgan fingerprint density at radius 3 is 2.35 bits per heavy atom. The van der Waals surface area contributed by atoms with Crippen LogP contribution in [0.4, 0.5) is 8.78 Å². The van der Waals surface area contributed by atoms with E-state index in [9.17, 15) is 18.4 Å². The summed E-state index contributed by atoms with van der Waals surface area (Å²) in [6.07, 6.45) is 2.15. The van der Waals surface area contributed by atoms with Crippen LogP contribution in [0.25, 0.3) is 0 Å². The molecule has 1 aliphatic rings. The summed E-state index contributed by atoms with van der Waals surface area (Å²) in [6, 6.07) is 2.00. The molecule has 0 bridgehead atoms. The number of ether oxygens (including phenoxy) is 2. The van der Waals surface area contributed by atoms with Gasteiger partial charge in [0.05, 0.1) is 18.6 Å². The zero-order chi connectivity index (χ0) is 19.1. The molecule has 1 aromatic rings. The molecular weight excluding hydrogens is 346 g/mol. The molecule has 0 unspecified atom stereocenters. The molecule has 0 heterocycles. The van der Waals surface area contributed by atoms with Crippen molar-refractivity contribution < 1.29 is 27.8 Å². The fraction of sp³-hybridized carbons (Fsp3) is 0.556. The van der Waals surface area contributed by atoms with E-state index >= 15 is 0 Å². The second-order valence-electron chi connectivity index (χ2n) is 6.15. The predicted octanol–water partition coefficient (Wildman–Crippen LogP) is 2.15. The van der Waals surface area contributed by atoms with Crippen LogP contribution >= 0.6 is 0 Å². The van der Waals surface area contributed by atoms with Crippen molar-refractivity contribution in [2.24, 2.45) is 11.7 Å². The van der Waals surface area contributed by atoms with Crippen molar-refractivity contribution in [2.75, 3.05) is 19.7 Å². The second-order valence-corrected chi connectivity index (χ2v) is 6.15. The molecule has 0 aromatic heterocycles. The van der Waals surface area contributed by atoms with Crippen LogP contribution in [0, 0.1) is 17.6 Å². The van der Waals surface area contributed by atoms with E-state index in [1.165, 1.54) is 0 Å². The highest BCUT2D eigenvalue weighted by Crippen LogP contribution is 2.30. The standard InChI is InChI=1S/C18H24F2N2O4/c1-2-25-18(24)11-3-5-12(6-4-11)26-13-9-14(19)16(15(20)10-13)17(23)22-8-7-21/h9-12H,2-8,21H2,1H3,(H,22,23). The van der Waals surface area contributed by atoms with Gasteiger partial charge in [-0.1, -0.05) is 0 Å². The molecule has 0 aliphatic heterocycles. The zero-order valence-corrected chi connectivity index (χ0v) is 14.7. The van der Waals surface area contributed by atoms with Gasteiger partial charge in [-0.3, -0.25) is 9.59 Å². The summed E-state index contributed by atoms with van der Waals surface area (Å²) < 4.78 is 38.9. The van der Waals surface area contributed by atoms with E-state index < -0.39 is 23.1 Å². The van der Waals surface area contributed by atoms with Gasteiger partial charge in [0, 0.05) is 25.2 Å². The lowest BCUT2D eigenvalue weighted by atomic mass is 9.87. The van der Waals surface area contributed by atoms with E-state index in [1.54, 1.807) is 6.92 Å². The minimum Gasteiger partial charge on any atom is -0.490 e. The van der Waals surface area contributed by atoms with Crippen LogP contribution in [0.5, 0.6) is 5.75 Å². The van der Waals surface area contributed by atoms with Gasteiger partial charge in [0.15, 0.2) is 0 Å². The Morgan fingerprint density at radius 2 is 1.81 bits per heavy atom. The van der Waals surface area contributed by atoms with Crippen LogP contribution in [0.15, 0.2) is 12.1 Å². The van der Waals surface area contributed by atoms with Gasteiger partial charge in [0.1, 0.15) is 22.9 Å². The fourth-order valence-corrected chi connectivity index (χ4v) is 2.98. The van der Waals surface area contributed by atoms with Crippen molar-refractivity contribution in [1.29, 1.82) is 0 Å². The third-order valence-corrected chi connectivity index (χ3v) is 4.27. The molecule has 6 nitrogen and oxygen atoms in total. The Kier molecular flexibility index (Phi) is 7.32. The number of esters is 1. The van der Waals surface area contributed by atoms with Gasteiger partial charge in [-0.15, -0.1) is 0 Å². The summed E-state index contributed by atoms with van der Waals surface area (Å²) >= 11 is 0. The number of benzene rings is 1. The summed E-state index contributed by atoms with van der Waals surface area (Å²) in [7, 11) is 0. The van der Waals surface area contributed by atoms with Gasteiger partial charge in [0.2, 0.25) is 0 Å². The van der Waals surface area contributed by atoms with Crippen molar-refractivity contribution >= 4 is 11.9 Å². The molecule has 1 aromatic carbocycles. The third kappa shape index (κ3) is 5.14. The summed E-state index contributed by atoms with van der Waals surface area (Å²) in [5.41, 5.74) is 4.60. The van der Waals surface area contributed by atoms with Crippen LogP contribution in [-0.4, -0.2) is 37.7 Å². The number of nitrogens with two attached hydrogens (primary N) is 1. The molecule has 3 N–H and O–H groups in total. The maximum absolute atomic E-state index is 14.1. The number of carbonyl (C=O) groups is 2. The van der Waals surface area contributed by atoms with Gasteiger partial charge in [0.25, 0.3) is 5.91 Å². The number of halogens is 2. The van der Waals surface area contributed by atoms with E-state index in [4.69, 9.17) is 15.2 Å². The summed E-state index contributed by atoms with van der Waals surface area (Å²) in [4.78, 5) is 23.5. The number of carbonyl (C=O) groups excluding carboxylic acids is 2. The molecule has 2 rings (SSSR count). The molecule has 1 amide bonds. The number of nitrogens with one attached hydrogen (secondary N) is 1. The lowest BCUT2D eigenvalue weighted by Gasteiger charge is -2.27. The van der Waals surface area contributed by atoms with Crippen molar-refractivity contribution in [2.45, 2.75) is 38.7 Å². The van der Waals surface area contributed by atoms with Gasteiger partial charge in [-0.25, -0.2) is 8.78 Å². The first-order chi connectivity index (χ1) is 12.5. The minimum absolute atomic E-state index is 0.0231. The SMILES string of the molecule is CCOC(=O)C1CCC(Oc2cc(F)c(C(=O)NCCN)c(F)c2)CC1. The predicted molar refractivity (Wildman–Crippen MR) is 90.8 cm³/mol. The Hall–Kier alpha value is -2.22. The van der Waals surface area contributed by atoms with Gasteiger partial charge < -0.3 is 20.5 Å². The molecular formula is C18H24F2N2O4. The van der Waals surface area contributed by atoms with Crippen LogP contribution in [-0.2, 0) is 9.53 Å². The topological polar surface area (TPSA) is 90.6 Å². The van der Waals surface area contributed by atoms with Gasteiger partial charge >= 0.3 is 5.97 Å². The quantitative estimate of drug-likeness (QED) is 0.718. The molecule has 26 heavy (non-hydrogen) atoms. The van der Waals surface area contributed by atoms with Crippen LogP contribution in [0.2, 0.25) is 0 Å². The highest BCUT2D eigenvalue weighted by molar-refractivity contribution is 5.94. The van der Waals surface area contributed by atoms with Gasteiger partial charge in [-0.05, 0) is 32.6 Å². The Balaban J connectivity index is 1.97. The number of amides is 1. The van der Waals surface area contributed by atoms with E-state index in [-0.39, 0.29) is 36.8 Å².